The number of fused-ring (bicyclic) bond motifs is 1. The number of rotatable bonds is 5. The maximum atomic E-state index is 15.0. The molecule has 3 heterocycles. The van der Waals surface area contributed by atoms with Crippen molar-refractivity contribution in [2.24, 2.45) is 0 Å². The number of sulfonamides is 1. The molecule has 0 atom stereocenters. The third-order valence-corrected chi connectivity index (χ3v) is 5.32. The summed E-state index contributed by atoms with van der Waals surface area (Å²) in [5.74, 6) is -3.45. The van der Waals surface area contributed by atoms with E-state index in [2.05, 4.69) is 25.1 Å². The second-order valence-electron chi connectivity index (χ2n) is 6.12. The average Bonchev–Trinajstić information content (AvgIpc) is 3.34. The standard InChI is InChI=1S/C17H12F2N6O3S/c1-8-4-9-10(6-21-16(9)20-5-8)15(26)13-11(18)2-3-12(14(13)19)25-29(27,28)17-22-7-23-24-17/h2-7,25H,1H3,(H,20,21)(H,22,23,24). The highest BCUT2D eigenvalue weighted by Gasteiger charge is 2.27. The Balaban J connectivity index is 1.79. The number of hydrogen-bond acceptors (Lipinski definition) is 6. The lowest BCUT2D eigenvalue weighted by molar-refractivity contribution is 0.103. The Bertz CT molecular complexity index is 1350. The summed E-state index contributed by atoms with van der Waals surface area (Å²) in [4.78, 5) is 23.2. The molecule has 148 valence electrons. The molecular weight excluding hydrogens is 406 g/mol. The summed E-state index contributed by atoms with van der Waals surface area (Å²) in [7, 11) is -4.31. The van der Waals surface area contributed by atoms with Gasteiger partial charge in [-0.2, -0.15) is 13.5 Å². The van der Waals surface area contributed by atoms with Crippen LogP contribution in [0.4, 0.5) is 14.5 Å². The van der Waals surface area contributed by atoms with Gasteiger partial charge in [0.1, 0.15) is 17.8 Å². The smallest absolute Gasteiger partial charge is 0.297 e. The monoisotopic (exact) mass is 418 g/mol. The van der Waals surface area contributed by atoms with Gasteiger partial charge in [0, 0.05) is 23.3 Å². The first-order chi connectivity index (χ1) is 13.8. The number of pyridine rings is 1. The molecule has 0 amide bonds. The third kappa shape index (κ3) is 3.23. The van der Waals surface area contributed by atoms with E-state index < -0.39 is 43.8 Å². The van der Waals surface area contributed by atoms with Crippen LogP contribution < -0.4 is 4.72 Å². The highest BCUT2D eigenvalue weighted by Crippen LogP contribution is 2.28. The van der Waals surface area contributed by atoms with Crippen LogP contribution in [0.5, 0.6) is 0 Å². The van der Waals surface area contributed by atoms with Gasteiger partial charge < -0.3 is 4.98 Å². The first-order valence-electron chi connectivity index (χ1n) is 8.12. The molecule has 0 aliphatic carbocycles. The van der Waals surface area contributed by atoms with Gasteiger partial charge in [0.25, 0.3) is 15.2 Å². The van der Waals surface area contributed by atoms with Crippen LogP contribution in [-0.4, -0.2) is 39.4 Å². The molecule has 0 fully saturated rings. The lowest BCUT2D eigenvalue weighted by Crippen LogP contribution is -2.17. The van der Waals surface area contributed by atoms with E-state index in [0.717, 1.165) is 24.0 Å². The molecule has 0 aliphatic heterocycles. The fourth-order valence-corrected chi connectivity index (χ4v) is 3.69. The third-order valence-electron chi connectivity index (χ3n) is 4.12. The molecule has 12 heteroatoms. The van der Waals surface area contributed by atoms with E-state index in [0.29, 0.717) is 11.0 Å². The number of nitrogens with one attached hydrogen (secondary N) is 3. The van der Waals surface area contributed by atoms with Crippen molar-refractivity contribution in [3.8, 4) is 0 Å². The van der Waals surface area contributed by atoms with Gasteiger partial charge in [-0.05, 0) is 30.7 Å². The summed E-state index contributed by atoms with van der Waals surface area (Å²) < 4.78 is 55.7. The van der Waals surface area contributed by atoms with Crippen molar-refractivity contribution in [1.82, 2.24) is 25.1 Å². The number of H-pyrrole nitrogens is 2. The van der Waals surface area contributed by atoms with Gasteiger partial charge in [-0.25, -0.2) is 23.8 Å². The van der Waals surface area contributed by atoms with Crippen molar-refractivity contribution in [2.45, 2.75) is 12.1 Å². The molecule has 0 saturated carbocycles. The number of aryl methyl sites for hydroxylation is 1. The Labute approximate surface area is 162 Å². The maximum Gasteiger partial charge on any atom is 0.297 e. The molecule has 1 aromatic carbocycles. The van der Waals surface area contributed by atoms with E-state index in [4.69, 9.17) is 0 Å². The number of halogens is 2. The molecule has 9 nitrogen and oxygen atoms in total. The fourth-order valence-electron chi connectivity index (χ4n) is 2.79. The number of aromatic amines is 2. The Hall–Kier alpha value is -3.67. The Kier molecular flexibility index (Phi) is 4.34. The van der Waals surface area contributed by atoms with E-state index in [1.807, 2.05) is 4.72 Å². The number of anilines is 1. The van der Waals surface area contributed by atoms with Crippen LogP contribution >= 0.6 is 0 Å². The summed E-state index contributed by atoms with van der Waals surface area (Å²) in [6.45, 7) is 1.76. The van der Waals surface area contributed by atoms with Gasteiger partial charge in [0.15, 0.2) is 5.82 Å². The number of benzene rings is 1. The first-order valence-corrected chi connectivity index (χ1v) is 9.61. The molecule has 0 unspecified atom stereocenters. The minimum atomic E-state index is -4.31. The average molecular weight is 418 g/mol. The van der Waals surface area contributed by atoms with Crippen molar-refractivity contribution >= 4 is 32.5 Å². The zero-order valence-corrected chi connectivity index (χ0v) is 15.5. The SMILES string of the molecule is Cc1cnc2[nH]cc(C(=O)c3c(F)ccc(NS(=O)(=O)c4ncn[nH]4)c3F)c2c1. The van der Waals surface area contributed by atoms with Gasteiger partial charge >= 0.3 is 0 Å². The Morgan fingerprint density at radius 2 is 2.00 bits per heavy atom. The minimum absolute atomic E-state index is 0.00393. The van der Waals surface area contributed by atoms with Crippen LogP contribution in [0.2, 0.25) is 0 Å². The highest BCUT2D eigenvalue weighted by atomic mass is 32.2. The number of nitrogens with zero attached hydrogens (tertiary/aromatic N) is 3. The molecule has 3 aromatic heterocycles. The Morgan fingerprint density at radius 3 is 2.72 bits per heavy atom. The normalized spacial score (nSPS) is 11.7. The minimum Gasteiger partial charge on any atom is -0.345 e. The molecule has 4 rings (SSSR count). The van der Waals surface area contributed by atoms with Crippen LogP contribution in [0, 0.1) is 18.6 Å². The molecule has 29 heavy (non-hydrogen) atoms. The number of ketones is 1. The second kappa shape index (κ2) is 6.74. The Morgan fingerprint density at radius 1 is 1.21 bits per heavy atom. The van der Waals surface area contributed by atoms with Crippen molar-refractivity contribution in [3.63, 3.8) is 0 Å². The maximum absolute atomic E-state index is 15.0. The van der Waals surface area contributed by atoms with Crippen LogP contribution in [0.3, 0.4) is 0 Å². The number of carbonyl (C=O) groups excluding carboxylic acids is 1. The molecule has 0 bridgehead atoms. The molecule has 4 aromatic rings. The van der Waals surface area contributed by atoms with E-state index in [1.54, 1.807) is 19.2 Å². The summed E-state index contributed by atoms with van der Waals surface area (Å²) >= 11 is 0. The molecule has 3 N–H and O–H groups in total. The van der Waals surface area contributed by atoms with Crippen molar-refractivity contribution in [1.29, 1.82) is 0 Å². The van der Waals surface area contributed by atoms with Crippen molar-refractivity contribution in [2.75, 3.05) is 4.72 Å². The van der Waals surface area contributed by atoms with Crippen LogP contribution in [0.15, 0.2) is 42.1 Å². The molecular formula is C17H12F2N6O3S. The first kappa shape index (κ1) is 18.7. The van der Waals surface area contributed by atoms with Crippen LogP contribution in [-0.2, 0) is 10.0 Å². The lowest BCUT2D eigenvalue weighted by Gasteiger charge is -2.10. The van der Waals surface area contributed by atoms with E-state index in [1.165, 1.54) is 6.20 Å². The highest BCUT2D eigenvalue weighted by molar-refractivity contribution is 7.92. The predicted molar refractivity (Wildman–Crippen MR) is 97.8 cm³/mol. The fraction of sp³-hybridized carbons (Fsp3) is 0.0588. The molecule has 0 radical (unpaired) electrons. The second-order valence-corrected chi connectivity index (χ2v) is 7.72. The summed E-state index contributed by atoms with van der Waals surface area (Å²) in [6, 6.07) is 3.32. The van der Waals surface area contributed by atoms with Gasteiger partial charge in [-0.15, -0.1) is 0 Å². The lowest BCUT2D eigenvalue weighted by atomic mass is 10.0. The summed E-state index contributed by atoms with van der Waals surface area (Å²) in [5.41, 5.74) is -0.377. The van der Waals surface area contributed by atoms with E-state index in [-0.39, 0.29) is 5.56 Å². The zero-order chi connectivity index (χ0) is 20.8. The number of carbonyl (C=O) groups is 1. The van der Waals surface area contributed by atoms with Gasteiger partial charge in [0.05, 0.1) is 11.3 Å². The van der Waals surface area contributed by atoms with Gasteiger partial charge in [-0.3, -0.25) is 9.52 Å². The largest absolute Gasteiger partial charge is 0.345 e. The zero-order valence-electron chi connectivity index (χ0n) is 14.7. The van der Waals surface area contributed by atoms with E-state index in [9.17, 15) is 22.0 Å². The van der Waals surface area contributed by atoms with Crippen molar-refractivity contribution in [3.05, 3.63) is 65.2 Å². The van der Waals surface area contributed by atoms with Gasteiger partial charge in [0.2, 0.25) is 5.78 Å². The van der Waals surface area contributed by atoms with Gasteiger partial charge in [-0.1, -0.05) is 0 Å². The molecule has 0 saturated heterocycles. The summed E-state index contributed by atoms with van der Waals surface area (Å²) in [5, 5.41) is 5.36. The molecule has 0 spiro atoms. The molecule has 0 aliphatic rings. The van der Waals surface area contributed by atoms with Crippen LogP contribution in [0.25, 0.3) is 11.0 Å². The van der Waals surface area contributed by atoms with Crippen LogP contribution in [0.1, 0.15) is 21.5 Å². The predicted octanol–water partition coefficient (Wildman–Crippen LogP) is 2.30. The van der Waals surface area contributed by atoms with Crippen molar-refractivity contribution < 1.29 is 22.0 Å². The quantitative estimate of drug-likeness (QED) is 0.426. The number of hydrogen-bond donors (Lipinski definition) is 3. The topological polar surface area (TPSA) is 133 Å². The number of aromatic nitrogens is 5. The van der Waals surface area contributed by atoms with E-state index >= 15 is 0 Å². The summed E-state index contributed by atoms with van der Waals surface area (Å²) in [6.07, 6.45) is 3.83.